The zero-order chi connectivity index (χ0) is 9.84. The summed E-state index contributed by atoms with van der Waals surface area (Å²) in [7, 11) is 0. The molecule has 1 aromatic heterocycles. The Kier molecular flexibility index (Phi) is 2.84. The summed E-state index contributed by atoms with van der Waals surface area (Å²) in [5.41, 5.74) is 5.33. The fourth-order valence-electron chi connectivity index (χ4n) is 0.905. The lowest BCUT2D eigenvalue weighted by molar-refractivity contribution is -0.122. The molecule has 0 fully saturated rings. The summed E-state index contributed by atoms with van der Waals surface area (Å²) in [4.78, 5) is 11.2. The lowest BCUT2D eigenvalue weighted by atomic mass is 10.4. The summed E-state index contributed by atoms with van der Waals surface area (Å²) >= 11 is 0. The van der Waals surface area contributed by atoms with Gasteiger partial charge >= 0.3 is 0 Å². The van der Waals surface area contributed by atoms with Gasteiger partial charge in [0.05, 0.1) is 6.20 Å². The van der Waals surface area contributed by atoms with Gasteiger partial charge in [0.25, 0.3) is 0 Å². The van der Waals surface area contributed by atoms with Gasteiger partial charge in [-0.15, -0.1) is 5.10 Å². The van der Waals surface area contributed by atoms with Crippen LogP contribution in [0.15, 0.2) is 6.20 Å². The first-order valence-corrected chi connectivity index (χ1v) is 4.03. The highest BCUT2D eigenvalue weighted by Crippen LogP contribution is 1.92. The summed E-state index contributed by atoms with van der Waals surface area (Å²) in [6.45, 7) is 3.95. The van der Waals surface area contributed by atoms with E-state index in [0.29, 0.717) is 5.82 Å². The van der Waals surface area contributed by atoms with Gasteiger partial charge in [0.1, 0.15) is 6.54 Å². The normalized spacial score (nSPS) is 10.4. The third-order valence-corrected chi connectivity index (χ3v) is 1.31. The zero-order valence-corrected chi connectivity index (χ0v) is 7.69. The minimum Gasteiger partial charge on any atom is -0.381 e. The van der Waals surface area contributed by atoms with E-state index >= 15 is 0 Å². The maximum absolute atomic E-state index is 11.2. The molecule has 0 atom stereocenters. The number of anilines is 1. The van der Waals surface area contributed by atoms with Gasteiger partial charge in [-0.25, -0.2) is 4.68 Å². The third kappa shape index (κ3) is 3.10. The number of nitrogens with zero attached hydrogens (tertiary/aromatic N) is 3. The van der Waals surface area contributed by atoms with E-state index in [1.165, 1.54) is 10.9 Å². The highest BCUT2D eigenvalue weighted by molar-refractivity contribution is 5.75. The first-order valence-electron chi connectivity index (χ1n) is 4.03. The molecule has 3 N–H and O–H groups in total. The number of nitrogens with two attached hydrogens (primary N) is 1. The highest BCUT2D eigenvalue weighted by atomic mass is 16.2. The van der Waals surface area contributed by atoms with E-state index in [1.807, 2.05) is 13.8 Å². The number of aromatic nitrogens is 3. The molecule has 1 amide bonds. The smallest absolute Gasteiger partial charge is 0.241 e. The quantitative estimate of drug-likeness (QED) is 0.654. The Balaban J connectivity index is 2.45. The molecule has 72 valence electrons. The number of hydrogen-bond donors (Lipinski definition) is 2. The van der Waals surface area contributed by atoms with Crippen LogP contribution in [0.25, 0.3) is 0 Å². The molecular weight excluding hydrogens is 170 g/mol. The summed E-state index contributed by atoms with van der Waals surface area (Å²) in [6, 6.07) is 0.133. The van der Waals surface area contributed by atoms with Gasteiger partial charge in [-0.2, -0.15) is 0 Å². The number of amides is 1. The van der Waals surface area contributed by atoms with Crippen molar-refractivity contribution in [2.45, 2.75) is 26.4 Å². The minimum atomic E-state index is -0.0973. The van der Waals surface area contributed by atoms with Crippen molar-refractivity contribution in [1.82, 2.24) is 20.3 Å². The molecular formula is C7H13N5O. The fraction of sp³-hybridized carbons (Fsp3) is 0.571. The van der Waals surface area contributed by atoms with Gasteiger partial charge in [-0.1, -0.05) is 5.21 Å². The van der Waals surface area contributed by atoms with E-state index in [-0.39, 0.29) is 18.5 Å². The van der Waals surface area contributed by atoms with Crippen molar-refractivity contribution in [3.8, 4) is 0 Å². The van der Waals surface area contributed by atoms with Crippen LogP contribution in [0.4, 0.5) is 5.82 Å². The van der Waals surface area contributed by atoms with E-state index in [0.717, 1.165) is 0 Å². The second-order valence-electron chi connectivity index (χ2n) is 3.06. The monoisotopic (exact) mass is 183 g/mol. The van der Waals surface area contributed by atoms with Crippen LogP contribution in [-0.2, 0) is 11.3 Å². The second-order valence-corrected chi connectivity index (χ2v) is 3.06. The van der Waals surface area contributed by atoms with Gasteiger partial charge in [0.15, 0.2) is 5.82 Å². The van der Waals surface area contributed by atoms with E-state index in [1.54, 1.807) is 0 Å². The Bertz CT molecular complexity index is 293. The number of carbonyl (C=O) groups excluding carboxylic acids is 1. The van der Waals surface area contributed by atoms with Crippen molar-refractivity contribution in [3.63, 3.8) is 0 Å². The minimum absolute atomic E-state index is 0.0973. The average molecular weight is 183 g/mol. The molecule has 1 heterocycles. The molecule has 6 nitrogen and oxygen atoms in total. The van der Waals surface area contributed by atoms with Gasteiger partial charge < -0.3 is 11.1 Å². The summed E-state index contributed by atoms with van der Waals surface area (Å²) in [5.74, 6) is 0.220. The predicted molar refractivity (Wildman–Crippen MR) is 47.7 cm³/mol. The van der Waals surface area contributed by atoms with Gasteiger partial charge in [-0.05, 0) is 13.8 Å². The molecule has 0 saturated carbocycles. The van der Waals surface area contributed by atoms with Crippen molar-refractivity contribution < 1.29 is 4.79 Å². The number of hydrogen-bond acceptors (Lipinski definition) is 4. The molecule has 0 unspecified atom stereocenters. The zero-order valence-electron chi connectivity index (χ0n) is 7.69. The highest BCUT2D eigenvalue weighted by Gasteiger charge is 2.05. The Labute approximate surface area is 76.1 Å². The van der Waals surface area contributed by atoms with Crippen LogP contribution in [0.2, 0.25) is 0 Å². The van der Waals surface area contributed by atoms with Crippen molar-refractivity contribution in [2.24, 2.45) is 0 Å². The first-order chi connectivity index (χ1) is 6.08. The molecule has 0 aliphatic carbocycles. The average Bonchev–Trinajstić information content (AvgIpc) is 2.33. The fourth-order valence-corrected chi connectivity index (χ4v) is 0.905. The van der Waals surface area contributed by atoms with Gasteiger partial charge in [-0.3, -0.25) is 4.79 Å². The lowest BCUT2D eigenvalue weighted by Gasteiger charge is -2.07. The Morgan fingerprint density at radius 1 is 1.77 bits per heavy atom. The van der Waals surface area contributed by atoms with Crippen molar-refractivity contribution >= 4 is 11.7 Å². The van der Waals surface area contributed by atoms with Gasteiger partial charge in [0, 0.05) is 6.04 Å². The molecule has 1 aromatic rings. The number of nitrogen functional groups attached to an aromatic ring is 1. The molecule has 0 spiro atoms. The van der Waals surface area contributed by atoms with E-state index < -0.39 is 0 Å². The molecule has 6 heteroatoms. The van der Waals surface area contributed by atoms with Crippen molar-refractivity contribution in [3.05, 3.63) is 6.20 Å². The van der Waals surface area contributed by atoms with E-state index in [4.69, 9.17) is 5.73 Å². The second kappa shape index (κ2) is 3.88. The molecule has 1 rings (SSSR count). The Morgan fingerprint density at radius 3 is 2.92 bits per heavy atom. The predicted octanol–water partition coefficient (Wildman–Crippen LogP) is -0.615. The summed E-state index contributed by atoms with van der Waals surface area (Å²) < 4.78 is 1.40. The number of carbonyl (C=O) groups is 1. The lowest BCUT2D eigenvalue weighted by Crippen LogP contribution is -2.33. The largest absolute Gasteiger partial charge is 0.381 e. The van der Waals surface area contributed by atoms with Crippen LogP contribution in [0, 0.1) is 0 Å². The standard InChI is InChI=1S/C7H13N5O/c1-5(2)9-7(13)4-12-3-6(8)10-11-12/h3,5H,4,8H2,1-2H3,(H,9,13). The maximum atomic E-state index is 11.2. The molecule has 0 saturated heterocycles. The van der Waals surface area contributed by atoms with E-state index in [2.05, 4.69) is 15.6 Å². The first kappa shape index (κ1) is 9.50. The van der Waals surface area contributed by atoms with Crippen LogP contribution >= 0.6 is 0 Å². The molecule has 13 heavy (non-hydrogen) atoms. The topological polar surface area (TPSA) is 85.8 Å². The molecule has 0 aliphatic rings. The molecule has 0 aliphatic heterocycles. The maximum Gasteiger partial charge on any atom is 0.241 e. The summed E-state index contributed by atoms with van der Waals surface area (Å²) in [5, 5.41) is 9.94. The Hall–Kier alpha value is -1.59. The summed E-state index contributed by atoms with van der Waals surface area (Å²) in [6.07, 6.45) is 1.51. The van der Waals surface area contributed by atoms with Crippen LogP contribution in [-0.4, -0.2) is 26.9 Å². The van der Waals surface area contributed by atoms with Crippen LogP contribution in [0.3, 0.4) is 0 Å². The number of nitrogens with one attached hydrogen (secondary N) is 1. The van der Waals surface area contributed by atoms with Crippen molar-refractivity contribution in [2.75, 3.05) is 5.73 Å². The van der Waals surface area contributed by atoms with Crippen LogP contribution < -0.4 is 11.1 Å². The van der Waals surface area contributed by atoms with Crippen molar-refractivity contribution in [1.29, 1.82) is 0 Å². The van der Waals surface area contributed by atoms with Gasteiger partial charge in [0.2, 0.25) is 5.91 Å². The Morgan fingerprint density at radius 2 is 2.46 bits per heavy atom. The SMILES string of the molecule is CC(C)NC(=O)Cn1cc(N)nn1. The molecule has 0 aromatic carbocycles. The third-order valence-electron chi connectivity index (χ3n) is 1.31. The van der Waals surface area contributed by atoms with Crippen LogP contribution in [0.1, 0.15) is 13.8 Å². The molecule has 0 radical (unpaired) electrons. The number of rotatable bonds is 3. The molecule has 0 bridgehead atoms. The van der Waals surface area contributed by atoms with E-state index in [9.17, 15) is 4.79 Å². The van der Waals surface area contributed by atoms with Crippen LogP contribution in [0.5, 0.6) is 0 Å².